The number of para-hydroxylation sites is 1. The number of rotatable bonds is 8. The third-order valence-electron chi connectivity index (χ3n) is 10.2. The third kappa shape index (κ3) is 7.83. The van der Waals surface area contributed by atoms with Crippen LogP contribution in [0.2, 0.25) is 0 Å². The zero-order valence-electron chi connectivity index (χ0n) is 30.4. The summed E-state index contributed by atoms with van der Waals surface area (Å²) in [5.74, 6) is -0.887. The number of aryl methyl sites for hydroxylation is 2. The molecule has 1 atom stereocenters. The fourth-order valence-electron chi connectivity index (χ4n) is 7.50. The van der Waals surface area contributed by atoms with Crippen molar-refractivity contribution in [2.45, 2.75) is 50.3 Å². The maximum absolute atomic E-state index is 15.1. The average molecular weight is 755 g/mol. The van der Waals surface area contributed by atoms with Crippen molar-refractivity contribution >= 4 is 45.0 Å². The van der Waals surface area contributed by atoms with Crippen molar-refractivity contribution in [3.63, 3.8) is 0 Å². The third-order valence-corrected chi connectivity index (χ3v) is 11.5. The van der Waals surface area contributed by atoms with Crippen LogP contribution in [-0.2, 0) is 20.7 Å². The number of nitro benzene ring substituents is 1. The van der Waals surface area contributed by atoms with E-state index in [2.05, 4.69) is 23.5 Å². The molecule has 5 aromatic carbocycles. The fourth-order valence-corrected chi connectivity index (χ4v) is 8.43. The van der Waals surface area contributed by atoms with E-state index in [0.717, 1.165) is 44.5 Å². The molecule has 0 fully saturated rings. The number of allylic oxidation sites excluding steroid dienone is 2. The molecule has 1 heterocycles. The number of benzene rings is 5. The summed E-state index contributed by atoms with van der Waals surface area (Å²) in [6.45, 7) is 3.45. The number of Topliss-reactive ketones (excluding diaryl/α,β-unsaturated/α-hetero) is 1. The first kappa shape index (κ1) is 37.3. The van der Waals surface area contributed by atoms with Gasteiger partial charge in [0.05, 0.1) is 16.4 Å². The predicted molar refractivity (Wildman–Crippen MR) is 213 cm³/mol. The zero-order chi connectivity index (χ0) is 38.7. The molecule has 1 aliphatic heterocycles. The quantitative estimate of drug-likeness (QED) is 0.0734. The molecular weight excluding hydrogens is 716 g/mol. The molecule has 0 saturated carbocycles. The Morgan fingerprint density at radius 2 is 1.69 bits per heavy atom. The van der Waals surface area contributed by atoms with Gasteiger partial charge in [-0.1, -0.05) is 78.4 Å². The fraction of sp³-hybridized carbons (Fsp3) is 0.178. The van der Waals surface area contributed by atoms with Gasteiger partial charge in [-0.05, 0) is 114 Å². The lowest BCUT2D eigenvalue weighted by Gasteiger charge is -2.25. The minimum Gasteiger partial charge on any atom is -0.361 e. The van der Waals surface area contributed by atoms with Crippen LogP contribution in [0, 0.1) is 40.2 Å². The van der Waals surface area contributed by atoms with E-state index in [9.17, 15) is 23.3 Å². The Morgan fingerprint density at radius 3 is 2.47 bits per heavy atom. The van der Waals surface area contributed by atoms with Gasteiger partial charge in [-0.25, -0.2) is 4.39 Å². The van der Waals surface area contributed by atoms with E-state index in [4.69, 9.17) is 4.18 Å². The van der Waals surface area contributed by atoms with E-state index < -0.39 is 15.0 Å². The van der Waals surface area contributed by atoms with Crippen molar-refractivity contribution in [1.82, 2.24) is 0 Å². The first-order valence-corrected chi connectivity index (χ1v) is 19.5. The second-order valence-electron chi connectivity index (χ2n) is 13.8. The predicted octanol–water partition coefficient (Wildman–Crippen LogP) is 8.32. The van der Waals surface area contributed by atoms with Crippen molar-refractivity contribution in [1.29, 1.82) is 0 Å². The van der Waals surface area contributed by atoms with E-state index in [1.165, 1.54) is 42.0 Å². The highest BCUT2D eigenvalue weighted by Crippen LogP contribution is 2.32. The normalized spacial score (nSPS) is 15.1. The lowest BCUT2D eigenvalue weighted by molar-refractivity contribution is -0.384. The molecule has 1 unspecified atom stereocenters. The summed E-state index contributed by atoms with van der Waals surface area (Å²) >= 11 is 0. The largest absolute Gasteiger partial charge is 0.361 e. The smallest absolute Gasteiger partial charge is 0.296 e. The molecule has 5 aromatic rings. The van der Waals surface area contributed by atoms with E-state index in [1.54, 1.807) is 25.1 Å². The van der Waals surface area contributed by atoms with Crippen LogP contribution < -0.4 is 15.8 Å². The molecular formula is C45H39FN2O6S. The number of nitrogens with one attached hydrogen (secondary N) is 1. The van der Waals surface area contributed by atoms with Crippen LogP contribution in [0.3, 0.4) is 0 Å². The highest BCUT2D eigenvalue weighted by molar-refractivity contribution is 7.86. The molecule has 0 radical (unpaired) electrons. The lowest BCUT2D eigenvalue weighted by Crippen LogP contribution is -2.28. The minimum absolute atomic E-state index is 0.0712. The number of carbonyl (C=O) groups excluding carboxylic acids is 1. The molecule has 8 rings (SSSR count). The molecule has 0 bridgehead atoms. The van der Waals surface area contributed by atoms with Crippen LogP contribution in [0.15, 0.2) is 120 Å². The highest BCUT2D eigenvalue weighted by Gasteiger charge is 2.27. The Morgan fingerprint density at radius 1 is 0.909 bits per heavy atom. The molecule has 3 aliphatic rings. The Balaban J connectivity index is 0.000000360. The van der Waals surface area contributed by atoms with Crippen LogP contribution in [0.5, 0.6) is 0 Å². The Hall–Kier alpha value is -5.97. The molecule has 8 nitrogen and oxygen atoms in total. The van der Waals surface area contributed by atoms with Crippen LogP contribution in [0.25, 0.3) is 17.7 Å². The van der Waals surface area contributed by atoms with Crippen molar-refractivity contribution in [3.8, 4) is 0 Å². The monoisotopic (exact) mass is 754 g/mol. The van der Waals surface area contributed by atoms with E-state index in [1.807, 2.05) is 61.7 Å². The number of non-ortho nitro benzene ring substituents is 1. The van der Waals surface area contributed by atoms with Crippen LogP contribution in [0.4, 0.5) is 15.8 Å². The summed E-state index contributed by atoms with van der Waals surface area (Å²) in [5.41, 5.74) is 6.77. The van der Waals surface area contributed by atoms with Crippen LogP contribution >= 0.6 is 0 Å². The number of carbonyl (C=O) groups is 1. The second kappa shape index (κ2) is 15.8. The minimum atomic E-state index is -3.98. The van der Waals surface area contributed by atoms with Crippen molar-refractivity contribution in [2.24, 2.45) is 0 Å². The molecule has 278 valence electrons. The topological polar surface area (TPSA) is 116 Å². The molecule has 0 amide bonds. The number of nitro groups is 1. The van der Waals surface area contributed by atoms with Crippen molar-refractivity contribution < 1.29 is 26.7 Å². The summed E-state index contributed by atoms with van der Waals surface area (Å²) in [4.78, 5) is 24.7. The summed E-state index contributed by atoms with van der Waals surface area (Å²) in [5, 5.41) is 17.3. The molecule has 2 aliphatic carbocycles. The number of hydrogen-bond donors (Lipinski definition) is 1. The van der Waals surface area contributed by atoms with Gasteiger partial charge in [0.1, 0.15) is 5.82 Å². The molecule has 1 N–H and O–H groups in total. The Bertz CT molecular complexity index is 2740. The summed E-state index contributed by atoms with van der Waals surface area (Å²) in [7, 11) is -3.98. The van der Waals surface area contributed by atoms with Gasteiger partial charge in [0.15, 0.2) is 5.78 Å². The average Bonchev–Trinajstić information content (AvgIpc) is 3.44. The Kier molecular flexibility index (Phi) is 10.7. The van der Waals surface area contributed by atoms with Crippen LogP contribution in [-0.4, -0.2) is 25.7 Å². The highest BCUT2D eigenvalue weighted by atomic mass is 32.2. The van der Waals surface area contributed by atoms with Gasteiger partial charge in [0, 0.05) is 46.3 Å². The SMILES string of the molecule is C1=CNc2ccccc2C=C1.Cc1ccc(S(=O)(=O)OCCC2C=c3c(F)cccc3=c3ccc4c(c32)CCCC=4C(=O)c2ccc([N+](=O)[O-])cc2C)cc1. The van der Waals surface area contributed by atoms with Crippen LogP contribution in [0.1, 0.15) is 63.4 Å². The maximum Gasteiger partial charge on any atom is 0.296 e. The second-order valence-corrected chi connectivity index (χ2v) is 15.4. The molecule has 0 spiro atoms. The van der Waals surface area contributed by atoms with E-state index >= 15 is 4.39 Å². The van der Waals surface area contributed by atoms with Crippen molar-refractivity contribution in [2.75, 3.05) is 11.9 Å². The van der Waals surface area contributed by atoms with E-state index in [-0.39, 0.29) is 41.1 Å². The van der Waals surface area contributed by atoms with Gasteiger partial charge in [0.2, 0.25) is 0 Å². The summed E-state index contributed by atoms with van der Waals surface area (Å²) in [6.07, 6.45) is 12.1. The number of ketones is 1. The molecule has 0 saturated heterocycles. The van der Waals surface area contributed by atoms with Crippen molar-refractivity contribution in [3.05, 3.63) is 186 Å². The number of halogens is 1. The summed E-state index contributed by atoms with van der Waals surface area (Å²) < 4.78 is 46.3. The first-order chi connectivity index (χ1) is 26.5. The molecule has 10 heteroatoms. The summed E-state index contributed by atoms with van der Waals surface area (Å²) in [6, 6.07) is 27.7. The van der Waals surface area contributed by atoms with Gasteiger partial charge in [-0.3, -0.25) is 19.1 Å². The van der Waals surface area contributed by atoms with E-state index in [0.29, 0.717) is 34.8 Å². The van der Waals surface area contributed by atoms with Gasteiger partial charge in [-0.2, -0.15) is 8.42 Å². The number of fused-ring (bicyclic) bond motifs is 5. The molecule has 0 aromatic heterocycles. The first-order valence-electron chi connectivity index (χ1n) is 18.1. The van der Waals surface area contributed by atoms with Gasteiger partial charge in [0.25, 0.3) is 15.8 Å². The molecule has 55 heavy (non-hydrogen) atoms. The Labute approximate surface area is 318 Å². The van der Waals surface area contributed by atoms with Gasteiger partial charge in [-0.15, -0.1) is 0 Å². The number of anilines is 1. The number of nitrogens with zero attached hydrogens (tertiary/aromatic N) is 1. The zero-order valence-corrected chi connectivity index (χ0v) is 31.2. The number of hydrogen-bond acceptors (Lipinski definition) is 7. The lowest BCUT2D eigenvalue weighted by atomic mass is 9.79. The maximum atomic E-state index is 15.1. The van der Waals surface area contributed by atoms with Gasteiger partial charge < -0.3 is 5.32 Å². The van der Waals surface area contributed by atoms with Gasteiger partial charge >= 0.3 is 0 Å². The standard InChI is InChI=1S/C35H30FNO6S.C10H9N/c1-21-9-12-25(13-10-21)44(41,42)43-18-17-23-20-32-27(5-4-8-33(32)36)30-16-15-28-29(34(23)30)6-3-7-31(28)35(38)26-14-11-24(37(39)40)19-22(26)2;1-2-7-10-9(5-1)6-3-4-8-11-10/h4-5,8-16,19-20,23H,3,6-7,17-18H2,1-2H3;1-8,11H.